The fourth-order valence-electron chi connectivity index (χ4n) is 2.53. The van der Waals surface area contributed by atoms with Crippen LogP contribution in [0.5, 0.6) is 0 Å². The number of carbonyl (C=O) groups is 1. The number of nitrogens with one attached hydrogen (secondary N) is 2. The number of aromatic nitrogens is 3. The van der Waals surface area contributed by atoms with E-state index in [1.54, 1.807) is 17.0 Å². The number of amides is 1. The van der Waals surface area contributed by atoms with Crippen LogP contribution >= 0.6 is 0 Å². The first-order valence-corrected chi connectivity index (χ1v) is 7.15. The molecule has 7 nitrogen and oxygen atoms in total. The van der Waals surface area contributed by atoms with Gasteiger partial charge in [0, 0.05) is 13.1 Å². The van der Waals surface area contributed by atoms with Gasteiger partial charge in [0.05, 0.1) is 0 Å². The van der Waals surface area contributed by atoms with E-state index >= 15 is 0 Å². The third kappa shape index (κ3) is 3.15. The summed E-state index contributed by atoms with van der Waals surface area (Å²) in [4.78, 5) is 36.5. The largest absolute Gasteiger partial charge is 0.344 e. The van der Waals surface area contributed by atoms with Gasteiger partial charge in [0.15, 0.2) is 0 Å². The molecule has 0 saturated carbocycles. The van der Waals surface area contributed by atoms with E-state index < -0.39 is 11.4 Å². The van der Waals surface area contributed by atoms with Crippen LogP contribution in [0.1, 0.15) is 12.0 Å². The quantitative estimate of drug-likeness (QED) is 0.854. The maximum Gasteiger partial charge on any atom is 0.344 e. The summed E-state index contributed by atoms with van der Waals surface area (Å²) in [6.07, 6.45) is 2.54. The van der Waals surface area contributed by atoms with E-state index in [0.29, 0.717) is 19.5 Å². The summed E-state index contributed by atoms with van der Waals surface area (Å²) in [6, 6.07) is 6.21. The molecule has 1 aliphatic heterocycles. The van der Waals surface area contributed by atoms with E-state index in [0.717, 1.165) is 15.7 Å². The Kier molecular flexibility index (Phi) is 3.96. The van der Waals surface area contributed by atoms with Gasteiger partial charge in [-0.3, -0.25) is 4.79 Å². The highest BCUT2D eigenvalue weighted by molar-refractivity contribution is 5.78. The predicted molar refractivity (Wildman–Crippen MR) is 81.2 cm³/mol. The molecule has 0 bridgehead atoms. The van der Waals surface area contributed by atoms with Crippen LogP contribution in [0.2, 0.25) is 0 Å². The molecule has 3 rings (SSSR count). The van der Waals surface area contributed by atoms with Gasteiger partial charge in [-0.25, -0.2) is 28.7 Å². The van der Waals surface area contributed by atoms with Gasteiger partial charge in [0.25, 0.3) is 0 Å². The summed E-state index contributed by atoms with van der Waals surface area (Å²) in [6.45, 7) is 0.582. The van der Waals surface area contributed by atoms with Gasteiger partial charge >= 0.3 is 11.4 Å². The van der Waals surface area contributed by atoms with Gasteiger partial charge in [-0.15, -0.1) is 0 Å². The highest BCUT2D eigenvalue weighted by atomic mass is 19.1. The van der Waals surface area contributed by atoms with E-state index in [1.165, 1.54) is 12.1 Å². The van der Waals surface area contributed by atoms with Gasteiger partial charge in [0.1, 0.15) is 12.4 Å². The molecule has 0 unspecified atom stereocenters. The first-order valence-electron chi connectivity index (χ1n) is 7.15. The zero-order valence-electron chi connectivity index (χ0n) is 12.2. The van der Waals surface area contributed by atoms with Gasteiger partial charge in [-0.1, -0.05) is 18.2 Å². The smallest absolute Gasteiger partial charge is 0.337 e. The highest BCUT2D eigenvalue weighted by Crippen LogP contribution is 2.22. The van der Waals surface area contributed by atoms with Crippen molar-refractivity contribution in [2.24, 2.45) is 0 Å². The minimum Gasteiger partial charge on any atom is -0.337 e. The van der Waals surface area contributed by atoms with E-state index in [9.17, 15) is 18.8 Å². The predicted octanol–water partition coefficient (Wildman–Crippen LogP) is 0.320. The van der Waals surface area contributed by atoms with Gasteiger partial charge in [-0.05, 0) is 29.7 Å². The highest BCUT2D eigenvalue weighted by Gasteiger charge is 2.19. The van der Waals surface area contributed by atoms with Crippen molar-refractivity contribution in [2.75, 3.05) is 13.1 Å². The second kappa shape index (κ2) is 6.07. The summed E-state index contributed by atoms with van der Waals surface area (Å²) in [5, 5.41) is 4.27. The second-order valence-electron chi connectivity index (χ2n) is 5.27. The Labute approximate surface area is 130 Å². The summed E-state index contributed by atoms with van der Waals surface area (Å²) in [5.41, 5.74) is 0.702. The lowest BCUT2D eigenvalue weighted by molar-refractivity contribution is -0.131. The lowest BCUT2D eigenvalue weighted by Crippen LogP contribution is -2.40. The normalized spacial score (nSPS) is 14.7. The lowest BCUT2D eigenvalue weighted by Gasteiger charge is -2.26. The fraction of sp³-hybridized carbons (Fsp3) is 0.267. The van der Waals surface area contributed by atoms with Gasteiger partial charge in [-0.2, -0.15) is 0 Å². The maximum atomic E-state index is 12.9. The number of hydrogen-bond donors (Lipinski definition) is 2. The number of benzene rings is 1. The zero-order valence-corrected chi connectivity index (χ0v) is 12.2. The molecule has 1 aliphatic rings. The Morgan fingerprint density at radius 1 is 1.13 bits per heavy atom. The third-order valence-corrected chi connectivity index (χ3v) is 3.84. The monoisotopic (exact) mass is 318 g/mol. The van der Waals surface area contributed by atoms with Crippen LogP contribution in [0.3, 0.4) is 0 Å². The van der Waals surface area contributed by atoms with Crippen LogP contribution in [0, 0.1) is 5.82 Å². The van der Waals surface area contributed by atoms with E-state index in [1.807, 2.05) is 6.08 Å². The van der Waals surface area contributed by atoms with Crippen LogP contribution in [-0.4, -0.2) is 38.7 Å². The first kappa shape index (κ1) is 15.0. The Balaban J connectivity index is 1.68. The van der Waals surface area contributed by atoms with Crippen molar-refractivity contribution < 1.29 is 9.18 Å². The van der Waals surface area contributed by atoms with E-state index in [2.05, 4.69) is 10.2 Å². The Bertz CT molecular complexity index is 832. The molecule has 0 radical (unpaired) electrons. The number of nitrogens with zero attached hydrogens (tertiary/aromatic N) is 2. The molecule has 0 saturated heterocycles. The molecule has 8 heteroatoms. The number of aromatic amines is 2. The van der Waals surface area contributed by atoms with Gasteiger partial charge < -0.3 is 4.90 Å². The molecule has 23 heavy (non-hydrogen) atoms. The fourth-order valence-corrected chi connectivity index (χ4v) is 2.53. The number of H-pyrrole nitrogens is 2. The molecular weight excluding hydrogens is 303 g/mol. The standard InChI is InChI=1S/C15H15FN4O3/c16-12-3-1-10(2-4-12)11-5-7-19(8-6-11)13(21)9-20-14(22)17-18-15(20)23/h1-5H,6-9H2,(H,17,22)(H,18,23). The summed E-state index contributed by atoms with van der Waals surface area (Å²) < 4.78 is 13.8. The molecule has 0 spiro atoms. The average Bonchev–Trinajstić information content (AvgIpc) is 2.87. The molecule has 0 atom stereocenters. The molecule has 1 amide bonds. The van der Waals surface area contributed by atoms with Gasteiger partial charge in [0.2, 0.25) is 5.91 Å². The summed E-state index contributed by atoms with van der Waals surface area (Å²) in [5.74, 6) is -0.587. The van der Waals surface area contributed by atoms with Crippen molar-refractivity contribution in [3.63, 3.8) is 0 Å². The number of halogens is 1. The van der Waals surface area contributed by atoms with Crippen LogP contribution in [0.4, 0.5) is 4.39 Å². The number of carbonyl (C=O) groups excluding carboxylic acids is 1. The topological polar surface area (TPSA) is 91.0 Å². The summed E-state index contributed by atoms with van der Waals surface area (Å²) >= 11 is 0. The minimum atomic E-state index is -0.636. The van der Waals surface area contributed by atoms with Crippen molar-refractivity contribution in [1.82, 2.24) is 19.7 Å². The zero-order chi connectivity index (χ0) is 16.4. The second-order valence-corrected chi connectivity index (χ2v) is 5.27. The van der Waals surface area contributed by atoms with Crippen molar-refractivity contribution in [3.05, 3.63) is 62.7 Å². The van der Waals surface area contributed by atoms with Crippen LogP contribution in [-0.2, 0) is 11.3 Å². The lowest BCUT2D eigenvalue weighted by atomic mass is 9.99. The van der Waals surface area contributed by atoms with Crippen LogP contribution in [0.15, 0.2) is 39.9 Å². The van der Waals surface area contributed by atoms with Crippen molar-refractivity contribution in [1.29, 1.82) is 0 Å². The Hall–Kier alpha value is -2.90. The van der Waals surface area contributed by atoms with Crippen LogP contribution in [0.25, 0.3) is 5.57 Å². The minimum absolute atomic E-state index is 0.288. The number of hydrogen-bond acceptors (Lipinski definition) is 3. The molecule has 120 valence electrons. The number of rotatable bonds is 3. The summed E-state index contributed by atoms with van der Waals surface area (Å²) in [7, 11) is 0. The third-order valence-electron chi connectivity index (χ3n) is 3.84. The SMILES string of the molecule is O=C(Cn1c(=O)[nH][nH]c1=O)N1CC=C(c2ccc(F)cc2)CC1. The molecule has 0 fully saturated rings. The Morgan fingerprint density at radius 3 is 2.35 bits per heavy atom. The van der Waals surface area contributed by atoms with E-state index in [4.69, 9.17) is 0 Å². The van der Waals surface area contributed by atoms with Crippen LogP contribution < -0.4 is 11.4 Å². The molecule has 0 aliphatic carbocycles. The van der Waals surface area contributed by atoms with E-state index in [-0.39, 0.29) is 18.3 Å². The molecule has 2 aromatic rings. The maximum absolute atomic E-state index is 12.9. The molecule has 1 aromatic carbocycles. The Morgan fingerprint density at radius 2 is 1.78 bits per heavy atom. The first-order chi connectivity index (χ1) is 11.0. The average molecular weight is 318 g/mol. The molecule has 2 N–H and O–H groups in total. The van der Waals surface area contributed by atoms with Crippen molar-refractivity contribution in [2.45, 2.75) is 13.0 Å². The van der Waals surface area contributed by atoms with Crippen molar-refractivity contribution >= 4 is 11.5 Å². The molecule has 1 aromatic heterocycles. The molecule has 2 heterocycles. The molecular formula is C15H15FN4O3. The van der Waals surface area contributed by atoms with Crippen molar-refractivity contribution in [3.8, 4) is 0 Å².